The number of methoxy groups -OCH3 is 1. The van der Waals surface area contributed by atoms with Crippen molar-refractivity contribution >= 4 is 5.91 Å². The summed E-state index contributed by atoms with van der Waals surface area (Å²) in [7, 11) is 1.62. The van der Waals surface area contributed by atoms with Gasteiger partial charge in [0, 0.05) is 19.0 Å². The first-order valence-corrected chi connectivity index (χ1v) is 10.5. The summed E-state index contributed by atoms with van der Waals surface area (Å²) >= 11 is 0. The zero-order valence-electron chi connectivity index (χ0n) is 17.7. The smallest absolute Gasteiger partial charge is 0.261 e. The molecule has 1 atom stereocenters. The number of aromatic nitrogens is 1. The van der Waals surface area contributed by atoms with Crippen LogP contribution in [0.2, 0.25) is 0 Å². The zero-order valence-corrected chi connectivity index (χ0v) is 17.7. The Morgan fingerprint density at radius 1 is 1.22 bits per heavy atom. The summed E-state index contributed by atoms with van der Waals surface area (Å²) in [5.41, 5.74) is 1.03. The second-order valence-electron chi connectivity index (χ2n) is 7.66. The Bertz CT molecular complexity index is 1090. The number of hydrogen-bond donors (Lipinski definition) is 0. The molecule has 0 N–H and O–H groups in total. The van der Waals surface area contributed by atoms with Gasteiger partial charge in [-0.25, -0.2) is 13.8 Å². The molecular weight excluding hydrogens is 418 g/mol. The number of hydrogen-bond acceptors (Lipinski definition) is 5. The van der Waals surface area contributed by atoms with Crippen LogP contribution in [0.1, 0.15) is 42.5 Å². The molecule has 168 valence electrons. The van der Waals surface area contributed by atoms with Crippen LogP contribution in [0.4, 0.5) is 8.78 Å². The van der Waals surface area contributed by atoms with Gasteiger partial charge in [0.2, 0.25) is 5.89 Å². The minimum Gasteiger partial charge on any atom is -0.497 e. The van der Waals surface area contributed by atoms with Crippen molar-refractivity contribution in [2.45, 2.75) is 31.7 Å². The molecule has 1 aliphatic rings. The lowest BCUT2D eigenvalue weighted by Crippen LogP contribution is -2.41. The maximum atomic E-state index is 13.8. The lowest BCUT2D eigenvalue weighted by Gasteiger charge is -2.33. The molecule has 1 amide bonds. The molecule has 8 heteroatoms. The molecule has 1 aliphatic heterocycles. The highest BCUT2D eigenvalue weighted by Gasteiger charge is 2.31. The molecule has 2 aromatic carbocycles. The van der Waals surface area contributed by atoms with Crippen molar-refractivity contribution < 1.29 is 27.5 Å². The maximum absolute atomic E-state index is 13.8. The molecule has 1 aromatic heterocycles. The van der Waals surface area contributed by atoms with Crippen LogP contribution in [0.15, 0.2) is 53.1 Å². The Hall–Kier alpha value is -3.42. The number of halogens is 2. The third-order valence-electron chi connectivity index (χ3n) is 5.44. The number of carbonyl (C=O) groups is 1. The van der Waals surface area contributed by atoms with Crippen molar-refractivity contribution in [2.75, 3.05) is 20.3 Å². The molecule has 2 heterocycles. The van der Waals surface area contributed by atoms with Crippen molar-refractivity contribution in [3.8, 4) is 11.5 Å². The second kappa shape index (κ2) is 9.80. The fourth-order valence-corrected chi connectivity index (χ4v) is 3.84. The number of ether oxygens (including phenoxy) is 2. The van der Waals surface area contributed by atoms with Crippen molar-refractivity contribution in [3.05, 3.63) is 77.5 Å². The topological polar surface area (TPSA) is 64.8 Å². The van der Waals surface area contributed by atoms with E-state index in [1.807, 2.05) is 24.3 Å². The summed E-state index contributed by atoms with van der Waals surface area (Å²) in [6.45, 7) is 0.183. The Labute approximate surface area is 184 Å². The fraction of sp³-hybridized carbons (Fsp3) is 0.333. The van der Waals surface area contributed by atoms with Gasteiger partial charge in [0.15, 0.2) is 18.2 Å². The van der Waals surface area contributed by atoms with Crippen molar-refractivity contribution in [1.29, 1.82) is 0 Å². The Kier molecular flexibility index (Phi) is 6.68. The molecule has 6 nitrogen and oxygen atoms in total. The van der Waals surface area contributed by atoms with Gasteiger partial charge in [0.05, 0.1) is 13.3 Å². The minimum atomic E-state index is -0.845. The third-order valence-corrected chi connectivity index (χ3v) is 5.44. The lowest BCUT2D eigenvalue weighted by molar-refractivity contribution is -0.137. The molecule has 4 rings (SSSR count). The number of rotatable bonds is 7. The predicted molar refractivity (Wildman–Crippen MR) is 112 cm³/mol. The van der Waals surface area contributed by atoms with Gasteiger partial charge in [-0.3, -0.25) is 4.79 Å². The highest BCUT2D eigenvalue weighted by atomic mass is 19.1. The van der Waals surface area contributed by atoms with Gasteiger partial charge < -0.3 is 18.8 Å². The van der Waals surface area contributed by atoms with E-state index in [9.17, 15) is 13.6 Å². The number of nitrogens with zero attached hydrogens (tertiary/aromatic N) is 2. The molecule has 1 fully saturated rings. The average Bonchev–Trinajstić information content (AvgIpc) is 3.26. The Morgan fingerprint density at radius 3 is 2.91 bits per heavy atom. The second-order valence-corrected chi connectivity index (χ2v) is 7.66. The predicted octanol–water partition coefficient (Wildman–Crippen LogP) is 4.68. The number of oxazole rings is 1. The van der Waals surface area contributed by atoms with Gasteiger partial charge in [-0.1, -0.05) is 12.1 Å². The molecule has 32 heavy (non-hydrogen) atoms. The molecular formula is C24H24F2N2O4. The van der Waals surface area contributed by atoms with Gasteiger partial charge in [0.1, 0.15) is 23.4 Å². The maximum Gasteiger partial charge on any atom is 0.261 e. The van der Waals surface area contributed by atoms with Crippen LogP contribution in [0.25, 0.3) is 0 Å². The number of benzene rings is 2. The summed E-state index contributed by atoms with van der Waals surface area (Å²) in [4.78, 5) is 18.9. The SMILES string of the molecule is COc1cccc(Cc2cnc(C3CCCCN3C(=O)COc3ccc(F)cc3F)o2)c1. The van der Waals surface area contributed by atoms with E-state index in [2.05, 4.69) is 4.98 Å². The zero-order chi connectivity index (χ0) is 22.5. The molecule has 0 saturated carbocycles. The highest BCUT2D eigenvalue weighted by Crippen LogP contribution is 2.31. The van der Waals surface area contributed by atoms with Crippen LogP contribution >= 0.6 is 0 Å². The number of likely N-dealkylation sites (tertiary alicyclic amines) is 1. The highest BCUT2D eigenvalue weighted by molar-refractivity contribution is 5.78. The van der Waals surface area contributed by atoms with Crippen LogP contribution in [-0.2, 0) is 11.2 Å². The lowest BCUT2D eigenvalue weighted by atomic mass is 10.0. The Balaban J connectivity index is 1.43. The van der Waals surface area contributed by atoms with E-state index in [0.717, 1.165) is 42.7 Å². The van der Waals surface area contributed by atoms with E-state index in [1.165, 1.54) is 6.07 Å². The van der Waals surface area contributed by atoms with Gasteiger partial charge >= 0.3 is 0 Å². The summed E-state index contributed by atoms with van der Waals surface area (Å²) in [5, 5.41) is 0. The van der Waals surface area contributed by atoms with E-state index >= 15 is 0 Å². The van der Waals surface area contributed by atoms with Crippen molar-refractivity contribution in [3.63, 3.8) is 0 Å². The van der Waals surface area contributed by atoms with E-state index in [1.54, 1.807) is 18.2 Å². The largest absolute Gasteiger partial charge is 0.497 e. The summed E-state index contributed by atoms with van der Waals surface area (Å²) < 4.78 is 43.4. The normalized spacial score (nSPS) is 16.1. The first-order chi connectivity index (χ1) is 15.5. The first-order valence-electron chi connectivity index (χ1n) is 10.5. The Morgan fingerprint density at radius 2 is 2.09 bits per heavy atom. The summed E-state index contributed by atoms with van der Waals surface area (Å²) in [5.74, 6) is -0.0755. The summed E-state index contributed by atoms with van der Waals surface area (Å²) in [6.07, 6.45) is 4.74. The molecule has 1 saturated heterocycles. The molecule has 1 unspecified atom stereocenters. The van der Waals surface area contributed by atoms with Crippen LogP contribution in [0.3, 0.4) is 0 Å². The average molecular weight is 442 g/mol. The van der Waals surface area contributed by atoms with Gasteiger partial charge in [-0.15, -0.1) is 0 Å². The molecule has 3 aromatic rings. The molecule has 0 aliphatic carbocycles. The number of amides is 1. The summed E-state index contributed by atoms with van der Waals surface area (Å²) in [6, 6.07) is 10.4. The standard InChI is InChI=1S/C24H24F2N2O4/c1-30-18-6-4-5-16(11-18)12-19-14-27-24(32-19)21-7-2-3-10-28(21)23(29)15-31-22-9-8-17(25)13-20(22)26/h4-6,8-9,11,13-14,21H,2-3,7,10,12,15H2,1H3. The molecule has 0 radical (unpaired) electrons. The van der Waals surface area contributed by atoms with Crippen molar-refractivity contribution in [1.82, 2.24) is 9.88 Å². The van der Waals surface area contributed by atoms with E-state index in [-0.39, 0.29) is 24.3 Å². The van der Waals surface area contributed by atoms with E-state index < -0.39 is 11.6 Å². The first kappa shape index (κ1) is 21.8. The number of piperidine rings is 1. The quantitative estimate of drug-likeness (QED) is 0.531. The monoisotopic (exact) mass is 442 g/mol. The van der Waals surface area contributed by atoms with Gasteiger partial charge in [-0.05, 0) is 49.1 Å². The third kappa shape index (κ3) is 5.07. The number of carbonyl (C=O) groups excluding carboxylic acids is 1. The van der Waals surface area contributed by atoms with E-state index in [0.29, 0.717) is 24.6 Å². The van der Waals surface area contributed by atoms with E-state index in [4.69, 9.17) is 13.9 Å². The molecule has 0 spiro atoms. The van der Waals surface area contributed by atoms with Crippen LogP contribution < -0.4 is 9.47 Å². The van der Waals surface area contributed by atoms with Crippen LogP contribution in [0.5, 0.6) is 11.5 Å². The minimum absolute atomic E-state index is 0.162. The van der Waals surface area contributed by atoms with Crippen LogP contribution in [0, 0.1) is 11.6 Å². The van der Waals surface area contributed by atoms with Crippen LogP contribution in [-0.4, -0.2) is 36.1 Å². The molecule has 0 bridgehead atoms. The van der Waals surface area contributed by atoms with Crippen molar-refractivity contribution in [2.24, 2.45) is 0 Å². The fourth-order valence-electron chi connectivity index (χ4n) is 3.84. The van der Waals surface area contributed by atoms with Gasteiger partial charge in [0.25, 0.3) is 5.91 Å². The van der Waals surface area contributed by atoms with Gasteiger partial charge in [-0.2, -0.15) is 0 Å².